The van der Waals surface area contributed by atoms with Crippen LogP contribution in [0.3, 0.4) is 0 Å². The van der Waals surface area contributed by atoms with Crippen molar-refractivity contribution in [1.82, 2.24) is 20.5 Å². The van der Waals surface area contributed by atoms with Crippen LogP contribution < -0.4 is 16.4 Å². The molecule has 34 heavy (non-hydrogen) atoms. The molecule has 1 aliphatic carbocycles. The lowest BCUT2D eigenvalue weighted by Crippen LogP contribution is -2.55. The molecule has 2 aromatic rings. The Morgan fingerprint density at radius 1 is 1.24 bits per heavy atom. The van der Waals surface area contributed by atoms with E-state index in [0.717, 1.165) is 40.4 Å². The number of carbonyl (C=O) groups is 2. The molecule has 0 unspecified atom stereocenters. The summed E-state index contributed by atoms with van der Waals surface area (Å²) in [7, 11) is 0. The summed E-state index contributed by atoms with van der Waals surface area (Å²) in [5.74, 6) is 0.260. The lowest BCUT2D eigenvalue weighted by atomic mass is 9.85. The average molecular weight is 482 g/mol. The average Bonchev–Trinajstić information content (AvgIpc) is 3.35. The summed E-state index contributed by atoms with van der Waals surface area (Å²) >= 11 is 1.57. The van der Waals surface area contributed by atoms with Gasteiger partial charge in [0.2, 0.25) is 11.8 Å². The van der Waals surface area contributed by atoms with E-state index in [-0.39, 0.29) is 17.2 Å². The molecule has 8 heteroatoms. The van der Waals surface area contributed by atoms with E-state index in [2.05, 4.69) is 15.6 Å². The molecule has 1 saturated carbocycles. The molecule has 1 aromatic carbocycles. The minimum atomic E-state index is -0.461. The lowest BCUT2D eigenvalue weighted by Gasteiger charge is -2.35. The SMILES string of the molecule is CC(C)(C)[C@H](N/C=C(\N)C1CC1)C(=O)N1CCC[C@H]1C(=O)NCc1ncc(-c2ccccc2)s1. The first kappa shape index (κ1) is 24.3. The molecule has 1 aliphatic heterocycles. The van der Waals surface area contributed by atoms with Crippen molar-refractivity contribution >= 4 is 23.2 Å². The number of hydrogen-bond donors (Lipinski definition) is 3. The zero-order valence-corrected chi connectivity index (χ0v) is 21.0. The van der Waals surface area contributed by atoms with E-state index in [1.165, 1.54) is 0 Å². The van der Waals surface area contributed by atoms with Crippen molar-refractivity contribution in [2.45, 2.75) is 65.1 Å². The van der Waals surface area contributed by atoms with Gasteiger partial charge in [-0.2, -0.15) is 0 Å². The van der Waals surface area contributed by atoms with E-state index in [1.807, 2.05) is 57.3 Å². The molecule has 0 spiro atoms. The maximum atomic E-state index is 13.5. The van der Waals surface area contributed by atoms with Crippen molar-refractivity contribution in [3.8, 4) is 10.4 Å². The first-order valence-electron chi connectivity index (χ1n) is 12.0. The first-order valence-corrected chi connectivity index (χ1v) is 12.9. The molecule has 2 amide bonds. The van der Waals surface area contributed by atoms with Gasteiger partial charge in [-0.15, -0.1) is 11.3 Å². The number of nitrogens with two attached hydrogens (primary N) is 1. The Morgan fingerprint density at radius 3 is 2.65 bits per heavy atom. The normalized spacial score (nSPS) is 19.7. The van der Waals surface area contributed by atoms with Crippen LogP contribution in [0.2, 0.25) is 0 Å². The number of carbonyl (C=O) groups excluding carboxylic acids is 2. The Kier molecular flexibility index (Phi) is 7.26. The molecule has 7 nitrogen and oxygen atoms in total. The van der Waals surface area contributed by atoms with E-state index in [4.69, 9.17) is 5.73 Å². The fraction of sp³-hybridized carbons (Fsp3) is 0.500. The maximum Gasteiger partial charge on any atom is 0.246 e. The minimum absolute atomic E-state index is 0.0504. The number of nitrogens with zero attached hydrogens (tertiary/aromatic N) is 2. The van der Waals surface area contributed by atoms with Crippen LogP contribution in [-0.2, 0) is 16.1 Å². The molecule has 1 aromatic heterocycles. The molecule has 2 fully saturated rings. The van der Waals surface area contributed by atoms with E-state index >= 15 is 0 Å². The summed E-state index contributed by atoms with van der Waals surface area (Å²) in [5.41, 5.74) is 7.73. The third-order valence-electron chi connectivity index (χ3n) is 6.44. The highest BCUT2D eigenvalue weighted by Gasteiger charge is 2.41. The minimum Gasteiger partial charge on any atom is -0.401 e. The van der Waals surface area contributed by atoms with E-state index in [0.29, 0.717) is 25.4 Å². The second-order valence-electron chi connectivity index (χ2n) is 10.3. The van der Waals surface area contributed by atoms with Gasteiger partial charge in [0.15, 0.2) is 0 Å². The van der Waals surface area contributed by atoms with Crippen LogP contribution in [0.4, 0.5) is 0 Å². The van der Waals surface area contributed by atoms with Gasteiger partial charge in [0.05, 0.1) is 11.4 Å². The lowest BCUT2D eigenvalue weighted by molar-refractivity contribution is -0.141. The molecule has 2 aliphatic rings. The topological polar surface area (TPSA) is 100 Å². The molecule has 0 bridgehead atoms. The predicted octanol–water partition coefficient (Wildman–Crippen LogP) is 3.63. The standard InChI is InChI=1S/C26H35N5O2S/c1-26(2,3)23(29-14-19(27)17-11-12-17)25(33)31-13-7-10-20(31)24(32)30-16-22-28-15-21(34-22)18-8-5-4-6-9-18/h4-6,8-9,14-15,17,20,23,29H,7,10-13,16,27H2,1-3H3,(H,30,32)/b19-14-/t20-,23+/m0/s1. The van der Waals surface area contributed by atoms with Crippen molar-refractivity contribution in [3.63, 3.8) is 0 Å². The zero-order chi connectivity index (χ0) is 24.3. The van der Waals surface area contributed by atoms with Gasteiger partial charge in [0.1, 0.15) is 17.1 Å². The summed E-state index contributed by atoms with van der Waals surface area (Å²) in [6.07, 6.45) is 7.34. The maximum absolute atomic E-state index is 13.5. The van der Waals surface area contributed by atoms with Gasteiger partial charge in [-0.05, 0) is 42.6 Å². The summed E-state index contributed by atoms with van der Waals surface area (Å²) in [6, 6.07) is 9.16. The number of benzene rings is 1. The number of likely N-dealkylation sites (tertiary alicyclic amines) is 1. The van der Waals surface area contributed by atoms with Gasteiger partial charge in [0.25, 0.3) is 0 Å². The Hall–Kier alpha value is -2.87. The number of rotatable bonds is 8. The van der Waals surface area contributed by atoms with Gasteiger partial charge < -0.3 is 21.3 Å². The van der Waals surface area contributed by atoms with Crippen LogP contribution in [0.25, 0.3) is 10.4 Å². The van der Waals surface area contributed by atoms with E-state index < -0.39 is 12.1 Å². The van der Waals surface area contributed by atoms with Crippen molar-refractivity contribution in [1.29, 1.82) is 0 Å². The summed E-state index contributed by atoms with van der Waals surface area (Å²) < 4.78 is 0. The molecule has 0 radical (unpaired) electrons. The highest BCUT2D eigenvalue weighted by Crippen LogP contribution is 2.34. The van der Waals surface area contributed by atoms with E-state index in [9.17, 15) is 9.59 Å². The number of nitrogens with one attached hydrogen (secondary N) is 2. The summed E-state index contributed by atoms with van der Waals surface area (Å²) in [6.45, 7) is 7.03. The number of hydrogen-bond acceptors (Lipinski definition) is 6. The Labute approximate surface area is 205 Å². The zero-order valence-electron chi connectivity index (χ0n) is 20.2. The molecule has 4 N–H and O–H groups in total. The number of allylic oxidation sites excluding steroid dienone is 1. The second-order valence-corrected chi connectivity index (χ2v) is 11.4. The third kappa shape index (κ3) is 5.78. The number of aromatic nitrogens is 1. The Morgan fingerprint density at radius 2 is 1.97 bits per heavy atom. The molecule has 1 saturated heterocycles. The van der Waals surface area contributed by atoms with Crippen LogP contribution in [0.1, 0.15) is 51.5 Å². The summed E-state index contributed by atoms with van der Waals surface area (Å²) in [5, 5.41) is 7.12. The summed E-state index contributed by atoms with van der Waals surface area (Å²) in [4.78, 5) is 33.9. The van der Waals surface area contributed by atoms with Crippen LogP contribution >= 0.6 is 11.3 Å². The fourth-order valence-corrected chi connectivity index (χ4v) is 5.15. The van der Waals surface area contributed by atoms with Gasteiger partial charge in [-0.3, -0.25) is 9.59 Å². The van der Waals surface area contributed by atoms with Crippen molar-refractivity contribution < 1.29 is 9.59 Å². The highest BCUT2D eigenvalue weighted by molar-refractivity contribution is 7.15. The van der Waals surface area contributed by atoms with E-state index in [1.54, 1.807) is 22.4 Å². The van der Waals surface area contributed by atoms with Gasteiger partial charge >= 0.3 is 0 Å². The molecular formula is C26H35N5O2S. The Balaban J connectivity index is 1.38. The monoisotopic (exact) mass is 481 g/mol. The molecule has 4 rings (SSSR count). The van der Waals surface area contributed by atoms with Crippen LogP contribution in [-0.4, -0.2) is 40.3 Å². The molecule has 182 valence electrons. The van der Waals surface area contributed by atoms with Crippen LogP contribution in [0.15, 0.2) is 48.4 Å². The van der Waals surface area contributed by atoms with Crippen LogP contribution in [0, 0.1) is 11.3 Å². The van der Waals surface area contributed by atoms with Crippen molar-refractivity contribution in [2.24, 2.45) is 17.1 Å². The molecular weight excluding hydrogens is 446 g/mol. The van der Waals surface area contributed by atoms with Crippen molar-refractivity contribution in [3.05, 3.63) is 53.4 Å². The largest absolute Gasteiger partial charge is 0.401 e. The second kappa shape index (κ2) is 10.2. The van der Waals surface area contributed by atoms with Gasteiger partial charge in [0, 0.05) is 24.6 Å². The van der Waals surface area contributed by atoms with Crippen molar-refractivity contribution in [2.75, 3.05) is 6.54 Å². The van der Waals surface area contributed by atoms with Gasteiger partial charge in [-0.1, -0.05) is 51.1 Å². The van der Waals surface area contributed by atoms with Crippen LogP contribution in [0.5, 0.6) is 0 Å². The molecule has 2 atom stereocenters. The van der Waals surface area contributed by atoms with Gasteiger partial charge in [-0.25, -0.2) is 4.98 Å². The Bertz CT molecular complexity index is 1040. The predicted molar refractivity (Wildman–Crippen MR) is 136 cm³/mol. The fourth-order valence-electron chi connectivity index (χ4n) is 4.28. The number of thiazole rings is 1. The smallest absolute Gasteiger partial charge is 0.246 e. The quantitative estimate of drug-likeness (QED) is 0.535. The third-order valence-corrected chi connectivity index (χ3v) is 7.49. The molecule has 2 heterocycles. The first-order chi connectivity index (χ1) is 16.2. The number of amides is 2. The highest BCUT2D eigenvalue weighted by atomic mass is 32.1.